The third-order valence-electron chi connectivity index (χ3n) is 10.5. The van der Waals surface area contributed by atoms with Gasteiger partial charge in [-0.1, -0.05) is 32.6 Å². The lowest BCUT2D eigenvalue weighted by atomic mass is 9.65. The number of fused-ring (bicyclic) bond motifs is 1. The predicted molar refractivity (Wildman–Crippen MR) is 150 cm³/mol. The molecule has 2 aliphatic heterocycles. The second-order valence-electron chi connectivity index (χ2n) is 13.5. The highest BCUT2D eigenvalue weighted by molar-refractivity contribution is 5.56. The lowest BCUT2D eigenvalue weighted by Gasteiger charge is -2.46. The maximum Gasteiger partial charge on any atom is 0.418 e. The van der Waals surface area contributed by atoms with E-state index in [1.807, 2.05) is 6.92 Å². The maximum atomic E-state index is 14.5. The number of alkyl halides is 6. The SMILES string of the molecule is C[C@H]1CCCN(C(c2cc(C(F)(F)F)c3cn(C4CCCC(C(C5CCC5)C5NNCN5C)C4)c(=O)n3c2)C(F)(F)F)C1. The maximum absolute atomic E-state index is 14.5. The molecule has 13 heteroatoms. The zero-order chi connectivity index (χ0) is 30.7. The molecule has 2 aromatic heterocycles. The fourth-order valence-electron chi connectivity index (χ4n) is 8.33. The summed E-state index contributed by atoms with van der Waals surface area (Å²) in [6, 6.07) is -1.93. The number of hydrazine groups is 1. The molecule has 4 fully saturated rings. The fraction of sp³-hybridized carbons (Fsp3) is 0.767. The van der Waals surface area contributed by atoms with Crippen LogP contribution in [0.1, 0.15) is 87.9 Å². The molecule has 2 aliphatic carbocycles. The first-order valence-electron chi connectivity index (χ1n) is 15.7. The second kappa shape index (κ2) is 11.7. The lowest BCUT2D eigenvalue weighted by molar-refractivity contribution is -0.191. The van der Waals surface area contributed by atoms with Crippen LogP contribution in [0.25, 0.3) is 5.52 Å². The number of hydrogen-bond acceptors (Lipinski definition) is 5. The fourth-order valence-corrected chi connectivity index (χ4v) is 8.33. The number of imidazole rings is 1. The van der Waals surface area contributed by atoms with Crippen LogP contribution in [-0.2, 0) is 6.18 Å². The molecule has 2 saturated carbocycles. The minimum Gasteiger partial charge on any atom is -0.295 e. The van der Waals surface area contributed by atoms with Gasteiger partial charge in [-0.3, -0.25) is 18.8 Å². The molecular weight excluding hydrogens is 574 g/mol. The van der Waals surface area contributed by atoms with Crippen LogP contribution in [0, 0.1) is 23.7 Å². The van der Waals surface area contributed by atoms with E-state index in [1.165, 1.54) is 22.1 Å². The molecule has 240 valence electrons. The Kier molecular flexibility index (Phi) is 8.40. The number of likely N-dealkylation sites (tertiary alicyclic amines) is 1. The Morgan fingerprint density at radius 3 is 2.28 bits per heavy atom. The summed E-state index contributed by atoms with van der Waals surface area (Å²) >= 11 is 0. The van der Waals surface area contributed by atoms with E-state index < -0.39 is 40.7 Å². The van der Waals surface area contributed by atoms with Crippen LogP contribution in [0.5, 0.6) is 0 Å². The van der Waals surface area contributed by atoms with E-state index in [1.54, 1.807) is 0 Å². The molecular formula is C30H42F6N6O. The van der Waals surface area contributed by atoms with Gasteiger partial charge in [0.05, 0.1) is 23.9 Å². The monoisotopic (exact) mass is 616 g/mol. The number of aromatic nitrogens is 2. The van der Waals surface area contributed by atoms with Crippen LogP contribution in [0.4, 0.5) is 26.3 Å². The highest BCUT2D eigenvalue weighted by Crippen LogP contribution is 2.47. The van der Waals surface area contributed by atoms with Gasteiger partial charge in [0.1, 0.15) is 6.04 Å². The number of nitrogens with zero attached hydrogens (tertiary/aromatic N) is 4. The molecule has 5 unspecified atom stereocenters. The summed E-state index contributed by atoms with van der Waals surface area (Å²) in [6.45, 7) is 2.83. The number of nitrogens with one attached hydrogen (secondary N) is 2. The Labute approximate surface area is 247 Å². The average Bonchev–Trinajstić information content (AvgIpc) is 3.47. The van der Waals surface area contributed by atoms with Gasteiger partial charge in [0.15, 0.2) is 0 Å². The van der Waals surface area contributed by atoms with Crippen molar-refractivity contribution in [1.82, 2.24) is 29.6 Å². The number of hydrogen-bond donors (Lipinski definition) is 2. The normalized spacial score (nSPS) is 30.0. The Morgan fingerprint density at radius 2 is 1.67 bits per heavy atom. The minimum atomic E-state index is -4.93. The standard InChI is InChI=1S/C30H42F6N6O/c1-18-6-5-11-40(14-18)26(30(34,35)36)21-13-23(29(31,32)33)24-16-41(28(43)42(24)15-21)22-10-4-9-20(12-22)25(19-7-3-8-19)27-38-37-17-39(27)2/h13,15-16,18-20,22,25-27,37-38H,3-12,14,17H2,1-2H3/t18-,20?,22?,25?,26?,27?/m0/s1. The van der Waals surface area contributed by atoms with Gasteiger partial charge in [-0.2, -0.15) is 26.3 Å². The molecule has 2 N–H and O–H groups in total. The van der Waals surface area contributed by atoms with Crippen molar-refractivity contribution >= 4 is 5.52 Å². The van der Waals surface area contributed by atoms with Crippen LogP contribution < -0.4 is 16.5 Å². The first-order chi connectivity index (χ1) is 20.3. The van der Waals surface area contributed by atoms with Gasteiger partial charge in [0, 0.05) is 25.0 Å². The summed E-state index contributed by atoms with van der Waals surface area (Å²) in [6.07, 6.45) is 0.501. The predicted octanol–water partition coefficient (Wildman–Crippen LogP) is 5.93. The average molecular weight is 617 g/mol. The number of pyridine rings is 1. The largest absolute Gasteiger partial charge is 0.418 e. The van der Waals surface area contributed by atoms with Crippen molar-refractivity contribution in [2.75, 3.05) is 26.8 Å². The quantitative estimate of drug-likeness (QED) is 0.395. The molecule has 2 aromatic rings. The molecule has 0 amide bonds. The molecule has 6 atom stereocenters. The molecule has 4 heterocycles. The Balaban J connectivity index is 1.38. The summed E-state index contributed by atoms with van der Waals surface area (Å²) in [4.78, 5) is 17.2. The first-order valence-corrected chi connectivity index (χ1v) is 15.7. The highest BCUT2D eigenvalue weighted by atomic mass is 19.4. The van der Waals surface area contributed by atoms with Crippen molar-refractivity contribution in [2.24, 2.45) is 23.7 Å². The third kappa shape index (κ3) is 5.98. The van der Waals surface area contributed by atoms with E-state index in [4.69, 9.17) is 0 Å². The lowest BCUT2D eigenvalue weighted by Crippen LogP contribution is -2.50. The van der Waals surface area contributed by atoms with Crippen molar-refractivity contribution in [3.63, 3.8) is 0 Å². The molecule has 7 nitrogen and oxygen atoms in total. The smallest absolute Gasteiger partial charge is 0.295 e. The molecule has 0 spiro atoms. The van der Waals surface area contributed by atoms with Gasteiger partial charge < -0.3 is 0 Å². The number of piperidine rings is 1. The molecule has 0 bridgehead atoms. The topological polar surface area (TPSA) is 57.0 Å². The highest BCUT2D eigenvalue weighted by Gasteiger charge is 2.48. The van der Waals surface area contributed by atoms with Gasteiger partial charge in [0.25, 0.3) is 0 Å². The number of rotatable bonds is 6. The van der Waals surface area contributed by atoms with Crippen LogP contribution >= 0.6 is 0 Å². The van der Waals surface area contributed by atoms with Crippen molar-refractivity contribution in [3.8, 4) is 0 Å². The molecule has 43 heavy (non-hydrogen) atoms. The molecule has 0 radical (unpaired) electrons. The third-order valence-corrected chi connectivity index (χ3v) is 10.5. The van der Waals surface area contributed by atoms with E-state index in [9.17, 15) is 31.1 Å². The summed E-state index contributed by atoms with van der Waals surface area (Å²) in [5, 5.41) is 0. The van der Waals surface area contributed by atoms with Crippen LogP contribution in [-0.4, -0.2) is 57.9 Å². The minimum absolute atomic E-state index is 0.00812. The van der Waals surface area contributed by atoms with E-state index in [-0.39, 0.29) is 37.1 Å². The second-order valence-corrected chi connectivity index (χ2v) is 13.5. The van der Waals surface area contributed by atoms with Crippen molar-refractivity contribution in [2.45, 2.75) is 95.3 Å². The summed E-state index contributed by atoms with van der Waals surface area (Å²) in [5.74, 6) is 1.14. The molecule has 0 aromatic carbocycles. The Hall–Kier alpha value is -2.09. The summed E-state index contributed by atoms with van der Waals surface area (Å²) < 4.78 is 88.9. The summed E-state index contributed by atoms with van der Waals surface area (Å²) in [5.41, 5.74) is 3.76. The van der Waals surface area contributed by atoms with Crippen LogP contribution in [0.15, 0.2) is 23.3 Å². The van der Waals surface area contributed by atoms with Gasteiger partial charge in [-0.25, -0.2) is 15.6 Å². The van der Waals surface area contributed by atoms with Gasteiger partial charge in [-0.15, -0.1) is 0 Å². The van der Waals surface area contributed by atoms with Crippen molar-refractivity contribution in [3.05, 3.63) is 40.1 Å². The van der Waals surface area contributed by atoms with Gasteiger partial charge in [-0.05, 0) is 81.0 Å². The van der Waals surface area contributed by atoms with Crippen molar-refractivity contribution < 1.29 is 26.3 Å². The van der Waals surface area contributed by atoms with E-state index in [2.05, 4.69) is 22.8 Å². The van der Waals surface area contributed by atoms with E-state index in [0.717, 1.165) is 42.7 Å². The number of halogens is 6. The zero-order valence-corrected chi connectivity index (χ0v) is 24.7. The Bertz CT molecular complexity index is 1350. The molecule has 4 aliphatic rings. The van der Waals surface area contributed by atoms with Crippen LogP contribution in [0.3, 0.4) is 0 Å². The van der Waals surface area contributed by atoms with Crippen LogP contribution in [0.2, 0.25) is 0 Å². The van der Waals surface area contributed by atoms with Gasteiger partial charge >= 0.3 is 18.0 Å². The van der Waals surface area contributed by atoms with E-state index >= 15 is 0 Å². The first kappa shape index (κ1) is 30.9. The van der Waals surface area contributed by atoms with E-state index in [0.29, 0.717) is 43.8 Å². The summed E-state index contributed by atoms with van der Waals surface area (Å²) in [7, 11) is 2.06. The van der Waals surface area contributed by atoms with Gasteiger partial charge in [0.2, 0.25) is 0 Å². The molecule has 6 rings (SSSR count). The molecule has 2 saturated heterocycles. The van der Waals surface area contributed by atoms with Crippen molar-refractivity contribution in [1.29, 1.82) is 0 Å². The zero-order valence-electron chi connectivity index (χ0n) is 24.7. The Morgan fingerprint density at radius 1 is 0.953 bits per heavy atom.